The van der Waals surface area contributed by atoms with E-state index in [4.69, 9.17) is 11.6 Å². The second-order valence-electron chi connectivity index (χ2n) is 6.97. The van der Waals surface area contributed by atoms with Crippen LogP contribution in [-0.2, 0) is 9.84 Å². The summed E-state index contributed by atoms with van der Waals surface area (Å²) in [6.45, 7) is 1.80. The predicted molar refractivity (Wildman–Crippen MR) is 133 cm³/mol. The smallest absolute Gasteiger partial charge is 0.277 e. The highest BCUT2D eigenvalue weighted by Crippen LogP contribution is 2.29. The highest BCUT2D eigenvalue weighted by Gasteiger charge is 2.23. The van der Waals surface area contributed by atoms with Gasteiger partial charge in [0.05, 0.1) is 32.7 Å². The van der Waals surface area contributed by atoms with Crippen LogP contribution in [0.4, 0.5) is 22.7 Å². The fourth-order valence-electron chi connectivity index (χ4n) is 2.68. The molecule has 0 atom stereocenters. The van der Waals surface area contributed by atoms with E-state index in [2.05, 4.69) is 21.1 Å². The molecule has 0 heterocycles. The Morgan fingerprint density at radius 2 is 1.60 bits per heavy atom. The number of non-ortho nitro benzene ring substituents is 1. The number of nitrogens with zero attached hydrogens (tertiary/aromatic N) is 4. The Hall–Kier alpha value is -4.36. The Kier molecular flexibility index (Phi) is 7.73. The molecule has 0 radical (unpaired) electrons. The van der Waals surface area contributed by atoms with E-state index in [9.17, 15) is 28.6 Å². The van der Waals surface area contributed by atoms with E-state index in [1.807, 2.05) is 0 Å². The fraction of sp³-hybridized carbons (Fsp3) is 0.0476. The molecule has 0 aromatic heterocycles. The van der Waals surface area contributed by atoms with E-state index in [1.165, 1.54) is 12.1 Å². The number of hydrazone groups is 2. The first kappa shape index (κ1) is 25.3. The maximum Gasteiger partial charge on any atom is 0.301 e. The molecule has 0 spiro atoms. The average Bonchev–Trinajstić information content (AvgIpc) is 2.82. The molecule has 3 aromatic carbocycles. The molecule has 0 unspecified atom stereocenters. The summed E-state index contributed by atoms with van der Waals surface area (Å²) in [7, 11) is -4.15. The van der Waals surface area contributed by atoms with Crippen molar-refractivity contribution in [1.29, 1.82) is 0 Å². The van der Waals surface area contributed by atoms with Crippen LogP contribution in [0.5, 0.6) is 0 Å². The topological polar surface area (TPSA) is 169 Å². The van der Waals surface area contributed by atoms with Gasteiger partial charge in [-0.15, -0.1) is 0 Å². The molecule has 0 aliphatic carbocycles. The largest absolute Gasteiger partial charge is 0.301 e. The molecular weight excluding hydrogens is 500 g/mol. The Labute approximate surface area is 204 Å². The van der Waals surface area contributed by atoms with E-state index in [0.717, 1.165) is 30.0 Å². The van der Waals surface area contributed by atoms with E-state index in [1.54, 1.807) is 43.3 Å². The summed E-state index contributed by atoms with van der Waals surface area (Å²) in [5.41, 5.74) is 4.96. The standard InChI is InChI=1S/C21H17ClN6O6S/c1-14-2-9-18(10-3-14)35(33,34)21(26-24-16-6-4-15(22)5-7-16)13-23-25-19-11-8-17(27(29)30)12-20(19)28(31)32/h2-13,24-25H,1H3. The maximum absolute atomic E-state index is 13.2. The molecule has 0 saturated carbocycles. The minimum absolute atomic E-state index is 0.0486. The molecule has 0 fully saturated rings. The molecule has 0 aliphatic heterocycles. The molecule has 35 heavy (non-hydrogen) atoms. The van der Waals surface area contributed by atoms with Gasteiger partial charge in [-0.1, -0.05) is 29.3 Å². The first-order chi connectivity index (χ1) is 16.6. The number of nitrogens with one attached hydrogen (secondary N) is 2. The normalized spacial score (nSPS) is 11.9. The first-order valence-electron chi connectivity index (χ1n) is 9.71. The Morgan fingerprint density at radius 3 is 2.20 bits per heavy atom. The van der Waals surface area contributed by atoms with Crippen molar-refractivity contribution in [3.05, 3.63) is 97.5 Å². The van der Waals surface area contributed by atoms with Crippen LogP contribution in [0.25, 0.3) is 0 Å². The van der Waals surface area contributed by atoms with Crippen LogP contribution in [0, 0.1) is 27.2 Å². The van der Waals surface area contributed by atoms with E-state index >= 15 is 0 Å². The second kappa shape index (κ2) is 10.7. The molecule has 12 nitrogen and oxygen atoms in total. The molecule has 0 saturated heterocycles. The number of sulfone groups is 1. The summed E-state index contributed by atoms with van der Waals surface area (Å²) in [6.07, 6.45) is 0.864. The van der Waals surface area contributed by atoms with E-state index < -0.39 is 36.1 Å². The van der Waals surface area contributed by atoms with Gasteiger partial charge in [0.25, 0.3) is 5.69 Å². The number of hydrogen-bond acceptors (Lipinski definition) is 10. The molecule has 180 valence electrons. The number of aryl methyl sites for hydroxylation is 1. The van der Waals surface area contributed by atoms with Gasteiger partial charge in [-0.05, 0) is 49.4 Å². The van der Waals surface area contributed by atoms with Crippen molar-refractivity contribution in [2.75, 3.05) is 10.9 Å². The van der Waals surface area contributed by atoms with Crippen LogP contribution in [0.2, 0.25) is 5.02 Å². The molecule has 3 aromatic rings. The quantitative estimate of drug-likeness (QED) is 0.187. The van der Waals surface area contributed by atoms with Gasteiger partial charge in [-0.3, -0.25) is 31.1 Å². The number of halogens is 1. The van der Waals surface area contributed by atoms with Crippen LogP contribution in [0.15, 0.2) is 81.8 Å². The van der Waals surface area contributed by atoms with Crippen LogP contribution in [0.1, 0.15) is 5.56 Å². The third-order valence-corrected chi connectivity index (χ3v) is 6.39. The summed E-state index contributed by atoms with van der Waals surface area (Å²) >= 11 is 5.85. The lowest BCUT2D eigenvalue weighted by atomic mass is 10.2. The van der Waals surface area contributed by atoms with Gasteiger partial charge in [0.15, 0.2) is 5.04 Å². The molecule has 0 bridgehead atoms. The third kappa shape index (κ3) is 6.37. The lowest BCUT2D eigenvalue weighted by Crippen LogP contribution is -2.19. The van der Waals surface area contributed by atoms with Gasteiger partial charge in [0.2, 0.25) is 9.84 Å². The molecule has 0 amide bonds. The zero-order valence-corrected chi connectivity index (χ0v) is 19.5. The molecule has 14 heteroatoms. The molecule has 3 rings (SSSR count). The van der Waals surface area contributed by atoms with E-state index in [-0.39, 0.29) is 10.6 Å². The molecule has 0 aliphatic rings. The lowest BCUT2D eigenvalue weighted by molar-refractivity contribution is -0.393. The predicted octanol–water partition coefficient (Wildman–Crippen LogP) is 4.76. The van der Waals surface area contributed by atoms with Crippen LogP contribution in [-0.4, -0.2) is 29.5 Å². The lowest BCUT2D eigenvalue weighted by Gasteiger charge is -2.07. The SMILES string of the molecule is Cc1ccc(S(=O)(=O)C(C=NNc2ccc([N+](=O)[O-])cc2[N+](=O)[O-])=NNc2ccc(Cl)cc2)cc1. The number of benzene rings is 3. The van der Waals surface area contributed by atoms with Gasteiger partial charge in [0, 0.05) is 11.1 Å². The van der Waals surface area contributed by atoms with Crippen molar-refractivity contribution in [3.8, 4) is 0 Å². The Bertz CT molecular complexity index is 1420. The first-order valence-corrected chi connectivity index (χ1v) is 11.6. The van der Waals surface area contributed by atoms with Gasteiger partial charge in [0.1, 0.15) is 5.69 Å². The summed E-state index contributed by atoms with van der Waals surface area (Å²) in [5, 5.41) is 29.9. The fourth-order valence-corrected chi connectivity index (χ4v) is 3.90. The van der Waals surface area contributed by atoms with Gasteiger partial charge >= 0.3 is 5.69 Å². The summed E-state index contributed by atoms with van der Waals surface area (Å²) in [4.78, 5) is 20.5. The highest BCUT2D eigenvalue weighted by molar-refractivity contribution is 8.08. The second-order valence-corrected chi connectivity index (χ2v) is 9.30. The van der Waals surface area contributed by atoms with E-state index in [0.29, 0.717) is 10.7 Å². The van der Waals surface area contributed by atoms with Crippen LogP contribution >= 0.6 is 11.6 Å². The van der Waals surface area contributed by atoms with Gasteiger partial charge in [-0.25, -0.2) is 8.42 Å². The highest BCUT2D eigenvalue weighted by atomic mass is 35.5. The number of nitro benzene ring substituents is 2. The van der Waals surface area contributed by atoms with Crippen molar-refractivity contribution in [3.63, 3.8) is 0 Å². The van der Waals surface area contributed by atoms with Crippen molar-refractivity contribution >= 4 is 55.4 Å². The number of rotatable bonds is 8. The number of nitro groups is 2. The van der Waals surface area contributed by atoms with Crippen molar-refractivity contribution in [2.45, 2.75) is 11.8 Å². The summed E-state index contributed by atoms with van der Waals surface area (Å²) in [5.74, 6) is 0. The monoisotopic (exact) mass is 516 g/mol. The minimum Gasteiger partial charge on any atom is -0.277 e. The average molecular weight is 517 g/mol. The van der Waals surface area contributed by atoms with Crippen molar-refractivity contribution in [1.82, 2.24) is 0 Å². The Balaban J connectivity index is 1.95. The van der Waals surface area contributed by atoms with Crippen molar-refractivity contribution in [2.24, 2.45) is 10.2 Å². The third-order valence-electron chi connectivity index (χ3n) is 4.49. The maximum atomic E-state index is 13.2. The summed E-state index contributed by atoms with van der Waals surface area (Å²) in [6, 6.07) is 15.3. The zero-order valence-electron chi connectivity index (χ0n) is 18.0. The van der Waals surface area contributed by atoms with Gasteiger partial charge < -0.3 is 0 Å². The van der Waals surface area contributed by atoms with Crippen molar-refractivity contribution < 1.29 is 18.3 Å². The number of hydrogen-bond donors (Lipinski definition) is 2. The Morgan fingerprint density at radius 1 is 0.943 bits per heavy atom. The summed E-state index contributed by atoms with van der Waals surface area (Å²) < 4.78 is 26.3. The van der Waals surface area contributed by atoms with Gasteiger partial charge in [-0.2, -0.15) is 10.2 Å². The molecule has 2 N–H and O–H groups in total. The molecular formula is C21H17ClN6O6S. The minimum atomic E-state index is -4.15. The van der Waals surface area contributed by atoms with Crippen LogP contribution in [0.3, 0.4) is 0 Å². The number of anilines is 2. The van der Waals surface area contributed by atoms with Crippen LogP contribution < -0.4 is 10.9 Å². The zero-order chi connectivity index (χ0) is 25.6.